The Morgan fingerprint density at radius 3 is 2.46 bits per heavy atom. The van der Waals surface area contributed by atoms with Crippen molar-refractivity contribution in [3.05, 3.63) is 89.7 Å². The van der Waals surface area contributed by atoms with Gasteiger partial charge in [-0.05, 0) is 53.6 Å². The number of methoxy groups -OCH3 is 1. The summed E-state index contributed by atoms with van der Waals surface area (Å²) >= 11 is 0. The molecule has 3 aromatic carbocycles. The molecule has 0 amide bonds. The fourth-order valence-electron chi connectivity index (χ4n) is 2.33. The number of ether oxygens (including phenoxy) is 2. The molecule has 0 unspecified atom stereocenters. The monoisotopic (exact) mass is 350 g/mol. The number of hydrazone groups is 1. The third kappa shape index (κ3) is 4.83. The third-order valence-electron chi connectivity index (χ3n) is 3.68. The van der Waals surface area contributed by atoms with Crippen LogP contribution in [0, 0.1) is 5.82 Å². The number of hydrogen-bond acceptors (Lipinski definition) is 4. The van der Waals surface area contributed by atoms with Gasteiger partial charge in [-0.25, -0.2) is 4.39 Å². The quantitative estimate of drug-likeness (QED) is 0.489. The molecule has 0 fully saturated rings. The van der Waals surface area contributed by atoms with Gasteiger partial charge in [-0.2, -0.15) is 5.10 Å². The highest BCUT2D eigenvalue weighted by Crippen LogP contribution is 2.28. The Balaban J connectivity index is 1.67. The van der Waals surface area contributed by atoms with E-state index < -0.39 is 0 Å². The molecule has 26 heavy (non-hydrogen) atoms. The van der Waals surface area contributed by atoms with Crippen LogP contribution in [0.25, 0.3) is 0 Å². The first-order valence-corrected chi connectivity index (χ1v) is 8.14. The summed E-state index contributed by atoms with van der Waals surface area (Å²) in [5.41, 5.74) is 5.49. The number of benzene rings is 3. The van der Waals surface area contributed by atoms with Crippen LogP contribution >= 0.6 is 0 Å². The van der Waals surface area contributed by atoms with Crippen molar-refractivity contribution in [3.63, 3.8) is 0 Å². The molecule has 0 aliphatic rings. The first kappa shape index (κ1) is 17.5. The van der Waals surface area contributed by atoms with Crippen LogP contribution in [0.4, 0.5) is 10.1 Å². The summed E-state index contributed by atoms with van der Waals surface area (Å²) in [7, 11) is 1.61. The van der Waals surface area contributed by atoms with Gasteiger partial charge in [-0.3, -0.25) is 5.43 Å². The number of hydrogen-bond donors (Lipinski definition) is 1. The zero-order valence-corrected chi connectivity index (χ0v) is 14.4. The van der Waals surface area contributed by atoms with Gasteiger partial charge < -0.3 is 9.47 Å². The lowest BCUT2D eigenvalue weighted by atomic mass is 10.2. The van der Waals surface area contributed by atoms with Crippen molar-refractivity contribution in [2.75, 3.05) is 12.5 Å². The Bertz CT molecular complexity index is 865. The number of halogens is 1. The molecule has 5 heteroatoms. The minimum absolute atomic E-state index is 0.283. The van der Waals surface area contributed by atoms with Crippen molar-refractivity contribution < 1.29 is 13.9 Å². The van der Waals surface area contributed by atoms with Crippen molar-refractivity contribution in [2.24, 2.45) is 5.10 Å². The van der Waals surface area contributed by atoms with Crippen molar-refractivity contribution in [2.45, 2.75) is 6.61 Å². The summed E-state index contributed by atoms with van der Waals surface area (Å²) in [4.78, 5) is 0. The van der Waals surface area contributed by atoms with Crippen molar-refractivity contribution in [1.29, 1.82) is 0 Å². The van der Waals surface area contributed by atoms with Gasteiger partial charge in [0.05, 0.1) is 19.0 Å². The highest BCUT2D eigenvalue weighted by Gasteiger charge is 2.05. The molecule has 4 nitrogen and oxygen atoms in total. The average Bonchev–Trinajstić information content (AvgIpc) is 2.69. The molecule has 0 atom stereocenters. The first-order chi connectivity index (χ1) is 12.7. The zero-order chi connectivity index (χ0) is 18.2. The van der Waals surface area contributed by atoms with Crippen molar-refractivity contribution in [3.8, 4) is 11.5 Å². The molecule has 3 aromatic rings. The molecule has 0 aliphatic carbocycles. The first-order valence-electron chi connectivity index (χ1n) is 8.14. The molecule has 0 saturated heterocycles. The van der Waals surface area contributed by atoms with Crippen LogP contribution < -0.4 is 14.9 Å². The van der Waals surface area contributed by atoms with E-state index in [1.807, 2.05) is 48.5 Å². The molecule has 0 spiro atoms. The van der Waals surface area contributed by atoms with Crippen LogP contribution in [-0.4, -0.2) is 13.3 Å². The smallest absolute Gasteiger partial charge is 0.162 e. The summed E-state index contributed by atoms with van der Waals surface area (Å²) in [5, 5.41) is 4.16. The molecular formula is C21H19FN2O2. The van der Waals surface area contributed by atoms with E-state index in [-0.39, 0.29) is 5.82 Å². The molecule has 3 rings (SSSR count). The molecular weight excluding hydrogens is 331 g/mol. The van der Waals surface area contributed by atoms with E-state index in [1.165, 1.54) is 12.1 Å². The highest BCUT2D eigenvalue weighted by molar-refractivity contribution is 5.81. The van der Waals surface area contributed by atoms with E-state index >= 15 is 0 Å². The van der Waals surface area contributed by atoms with Gasteiger partial charge >= 0.3 is 0 Å². The van der Waals surface area contributed by atoms with Gasteiger partial charge in [-0.15, -0.1) is 0 Å². The van der Waals surface area contributed by atoms with Crippen LogP contribution in [-0.2, 0) is 6.61 Å². The molecule has 0 bridgehead atoms. The van der Waals surface area contributed by atoms with Gasteiger partial charge in [0.2, 0.25) is 0 Å². The van der Waals surface area contributed by atoms with E-state index in [4.69, 9.17) is 9.47 Å². The van der Waals surface area contributed by atoms with Gasteiger partial charge in [0.1, 0.15) is 12.4 Å². The highest BCUT2D eigenvalue weighted by atomic mass is 19.1. The number of nitrogens with one attached hydrogen (secondary N) is 1. The van der Waals surface area contributed by atoms with Gasteiger partial charge in [0.15, 0.2) is 11.5 Å². The van der Waals surface area contributed by atoms with Crippen molar-refractivity contribution in [1.82, 2.24) is 0 Å². The molecule has 0 saturated carbocycles. The van der Waals surface area contributed by atoms with E-state index in [0.29, 0.717) is 23.8 Å². The predicted octanol–water partition coefficient (Wildman–Crippen LogP) is 4.86. The van der Waals surface area contributed by atoms with E-state index in [1.54, 1.807) is 25.5 Å². The second-order valence-electron chi connectivity index (χ2n) is 5.56. The van der Waals surface area contributed by atoms with Crippen LogP contribution in [0.15, 0.2) is 77.9 Å². The second kappa shape index (κ2) is 8.67. The van der Waals surface area contributed by atoms with Crippen LogP contribution in [0.1, 0.15) is 11.1 Å². The number of rotatable bonds is 7. The lowest BCUT2D eigenvalue weighted by molar-refractivity contribution is 0.284. The molecule has 0 aromatic heterocycles. The maximum atomic E-state index is 12.9. The normalized spacial score (nSPS) is 10.7. The average molecular weight is 350 g/mol. The maximum absolute atomic E-state index is 12.9. The minimum Gasteiger partial charge on any atom is -0.493 e. The molecule has 1 N–H and O–H groups in total. The Hall–Kier alpha value is -3.34. The van der Waals surface area contributed by atoms with Gasteiger partial charge in [0.25, 0.3) is 0 Å². The van der Waals surface area contributed by atoms with E-state index in [2.05, 4.69) is 10.5 Å². The summed E-state index contributed by atoms with van der Waals surface area (Å²) < 4.78 is 24.1. The SMILES string of the molecule is COc1ccc(C=NNc2ccc(F)cc2)cc1OCc1ccccc1. The Morgan fingerprint density at radius 2 is 1.73 bits per heavy atom. The largest absolute Gasteiger partial charge is 0.493 e. The van der Waals surface area contributed by atoms with E-state index in [9.17, 15) is 4.39 Å². The third-order valence-corrected chi connectivity index (χ3v) is 3.68. The summed E-state index contributed by atoms with van der Waals surface area (Å²) in [6, 6.07) is 21.5. The molecule has 132 valence electrons. The van der Waals surface area contributed by atoms with Crippen LogP contribution in [0.5, 0.6) is 11.5 Å². The van der Waals surface area contributed by atoms with Gasteiger partial charge in [0, 0.05) is 0 Å². The summed E-state index contributed by atoms with van der Waals surface area (Å²) in [5.74, 6) is 1.02. The molecule has 0 aliphatic heterocycles. The van der Waals surface area contributed by atoms with Crippen molar-refractivity contribution >= 4 is 11.9 Å². The predicted molar refractivity (Wildman–Crippen MR) is 101 cm³/mol. The zero-order valence-electron chi connectivity index (χ0n) is 14.4. The Kier molecular flexibility index (Phi) is 5.83. The van der Waals surface area contributed by atoms with Crippen LogP contribution in [0.3, 0.4) is 0 Å². The van der Waals surface area contributed by atoms with Crippen LogP contribution in [0.2, 0.25) is 0 Å². The topological polar surface area (TPSA) is 42.8 Å². The Labute approximate surface area is 151 Å². The van der Waals surface area contributed by atoms with E-state index in [0.717, 1.165) is 11.1 Å². The Morgan fingerprint density at radius 1 is 0.962 bits per heavy atom. The lowest BCUT2D eigenvalue weighted by Gasteiger charge is -2.11. The number of nitrogens with zero attached hydrogens (tertiary/aromatic N) is 1. The maximum Gasteiger partial charge on any atom is 0.162 e. The second-order valence-corrected chi connectivity index (χ2v) is 5.56. The summed E-state index contributed by atoms with van der Waals surface area (Å²) in [6.45, 7) is 0.450. The standard InChI is InChI=1S/C21H19FN2O2/c1-25-20-12-7-17(14-23-24-19-10-8-18(22)9-11-19)13-21(20)26-15-16-5-3-2-4-6-16/h2-14,24H,15H2,1H3. The molecule has 0 radical (unpaired) electrons. The summed E-state index contributed by atoms with van der Waals surface area (Å²) in [6.07, 6.45) is 1.66. The number of anilines is 1. The fourth-order valence-corrected chi connectivity index (χ4v) is 2.33. The fraction of sp³-hybridized carbons (Fsp3) is 0.0952. The van der Waals surface area contributed by atoms with Gasteiger partial charge in [-0.1, -0.05) is 30.3 Å². The molecule has 0 heterocycles. The minimum atomic E-state index is -0.283. The lowest BCUT2D eigenvalue weighted by Crippen LogP contribution is -1.99.